The van der Waals surface area contributed by atoms with Crippen molar-refractivity contribution in [1.82, 2.24) is 9.78 Å². The number of hydrogen-bond donors (Lipinski definition) is 0. The molecule has 0 radical (unpaired) electrons. The van der Waals surface area contributed by atoms with Gasteiger partial charge in [0.1, 0.15) is 5.78 Å². The molecule has 1 atom stereocenters. The van der Waals surface area contributed by atoms with Gasteiger partial charge in [0, 0.05) is 19.7 Å². The summed E-state index contributed by atoms with van der Waals surface area (Å²) in [5.41, 5.74) is 2.14. The molecule has 0 amide bonds. The van der Waals surface area contributed by atoms with Crippen LogP contribution in [0.2, 0.25) is 0 Å². The van der Waals surface area contributed by atoms with Gasteiger partial charge in [0.15, 0.2) is 0 Å². The summed E-state index contributed by atoms with van der Waals surface area (Å²) in [6.07, 6.45) is 3.27. The zero-order valence-electron chi connectivity index (χ0n) is 8.75. The fraction of sp³-hybridized carbons (Fsp3) is 0.600. The minimum atomic E-state index is -0.0737. The van der Waals surface area contributed by atoms with Crippen molar-refractivity contribution in [2.75, 3.05) is 0 Å². The van der Waals surface area contributed by atoms with Crippen molar-refractivity contribution < 1.29 is 4.79 Å². The predicted octanol–water partition coefficient (Wildman–Crippen LogP) is 2.01. The maximum absolute atomic E-state index is 11.4. The van der Waals surface area contributed by atoms with Crippen LogP contribution in [0.25, 0.3) is 0 Å². The number of carbonyl (C=O) groups excluding carboxylic acids is 1. The second kappa shape index (κ2) is 4.73. The molecule has 0 bridgehead atoms. The van der Waals surface area contributed by atoms with Crippen LogP contribution in [0.3, 0.4) is 0 Å². The summed E-state index contributed by atoms with van der Waals surface area (Å²) in [7, 11) is 1.89. The maximum atomic E-state index is 11.4. The summed E-state index contributed by atoms with van der Waals surface area (Å²) in [5.74, 6) is 0.244. The van der Waals surface area contributed by atoms with E-state index in [2.05, 4.69) is 21.0 Å². The summed E-state index contributed by atoms with van der Waals surface area (Å²) in [6, 6.07) is 0. The number of carbonyl (C=O) groups is 1. The molecule has 0 saturated carbocycles. The van der Waals surface area contributed by atoms with Crippen LogP contribution in [0.4, 0.5) is 0 Å². The van der Waals surface area contributed by atoms with Gasteiger partial charge in [0.25, 0.3) is 0 Å². The standard InChI is InChI=1S/C10H15BrN2O/c1-4-10(14)9(11)5-8-6-13(3)12-7(8)2/h6,9H,4-5H2,1-3H3. The molecular weight excluding hydrogens is 244 g/mol. The monoisotopic (exact) mass is 258 g/mol. The molecule has 1 aromatic heterocycles. The van der Waals surface area contributed by atoms with Crippen LogP contribution in [-0.2, 0) is 18.3 Å². The number of aromatic nitrogens is 2. The summed E-state index contributed by atoms with van der Waals surface area (Å²) < 4.78 is 1.78. The van der Waals surface area contributed by atoms with Gasteiger partial charge in [-0.3, -0.25) is 9.48 Å². The van der Waals surface area contributed by atoms with Gasteiger partial charge >= 0.3 is 0 Å². The fourth-order valence-corrected chi connectivity index (χ4v) is 2.05. The van der Waals surface area contributed by atoms with Gasteiger partial charge in [0.05, 0.1) is 10.5 Å². The SMILES string of the molecule is CCC(=O)C(Br)Cc1cn(C)nc1C. The Bertz CT molecular complexity index is 333. The molecule has 0 spiro atoms. The third-order valence-corrected chi connectivity index (χ3v) is 3.05. The molecule has 3 nitrogen and oxygen atoms in total. The summed E-state index contributed by atoms with van der Waals surface area (Å²) in [6.45, 7) is 3.85. The van der Waals surface area contributed by atoms with Crippen molar-refractivity contribution in [3.05, 3.63) is 17.5 Å². The van der Waals surface area contributed by atoms with Crippen LogP contribution in [0.1, 0.15) is 24.6 Å². The van der Waals surface area contributed by atoms with Crippen LogP contribution in [0.5, 0.6) is 0 Å². The number of rotatable bonds is 4. The van der Waals surface area contributed by atoms with Crippen molar-refractivity contribution >= 4 is 21.7 Å². The normalized spacial score (nSPS) is 12.9. The molecule has 1 unspecified atom stereocenters. The van der Waals surface area contributed by atoms with Crippen molar-refractivity contribution in [1.29, 1.82) is 0 Å². The van der Waals surface area contributed by atoms with E-state index in [9.17, 15) is 4.79 Å². The molecule has 0 aliphatic carbocycles. The molecule has 0 fully saturated rings. The van der Waals surface area contributed by atoms with Crippen LogP contribution >= 0.6 is 15.9 Å². The van der Waals surface area contributed by atoms with E-state index < -0.39 is 0 Å². The van der Waals surface area contributed by atoms with Gasteiger partial charge < -0.3 is 0 Å². The maximum Gasteiger partial charge on any atom is 0.146 e. The summed E-state index contributed by atoms with van der Waals surface area (Å²) >= 11 is 3.40. The Labute approximate surface area is 92.6 Å². The average Bonchev–Trinajstić information content (AvgIpc) is 2.44. The highest BCUT2D eigenvalue weighted by molar-refractivity contribution is 9.10. The predicted molar refractivity (Wildman–Crippen MR) is 59.7 cm³/mol. The van der Waals surface area contributed by atoms with E-state index in [4.69, 9.17) is 0 Å². The van der Waals surface area contributed by atoms with Gasteiger partial charge in [-0.25, -0.2) is 0 Å². The Kier molecular flexibility index (Phi) is 3.86. The minimum absolute atomic E-state index is 0.0737. The number of hydrogen-bond acceptors (Lipinski definition) is 2. The quantitative estimate of drug-likeness (QED) is 0.775. The highest BCUT2D eigenvalue weighted by Gasteiger charge is 2.15. The van der Waals surface area contributed by atoms with Crippen molar-refractivity contribution in [2.24, 2.45) is 7.05 Å². The zero-order valence-corrected chi connectivity index (χ0v) is 10.3. The number of nitrogens with zero attached hydrogens (tertiary/aromatic N) is 2. The Morgan fingerprint density at radius 2 is 2.36 bits per heavy atom. The van der Waals surface area contributed by atoms with Crippen molar-refractivity contribution in [3.63, 3.8) is 0 Å². The van der Waals surface area contributed by atoms with E-state index in [0.717, 1.165) is 17.7 Å². The third-order valence-electron chi connectivity index (χ3n) is 2.21. The van der Waals surface area contributed by atoms with E-state index in [-0.39, 0.29) is 10.6 Å². The average molecular weight is 259 g/mol. The smallest absolute Gasteiger partial charge is 0.146 e. The second-order valence-corrected chi connectivity index (χ2v) is 4.51. The fourth-order valence-electron chi connectivity index (χ4n) is 1.38. The van der Waals surface area contributed by atoms with Crippen LogP contribution < -0.4 is 0 Å². The first kappa shape index (κ1) is 11.4. The molecule has 4 heteroatoms. The number of alkyl halides is 1. The van der Waals surface area contributed by atoms with E-state index in [1.807, 2.05) is 27.1 Å². The first-order chi connectivity index (χ1) is 6.54. The molecule has 0 saturated heterocycles. The van der Waals surface area contributed by atoms with Gasteiger partial charge in [-0.05, 0) is 18.9 Å². The van der Waals surface area contributed by atoms with Gasteiger partial charge in [-0.15, -0.1) is 0 Å². The van der Waals surface area contributed by atoms with Gasteiger partial charge in [-0.2, -0.15) is 5.10 Å². The molecule has 78 valence electrons. The van der Waals surface area contributed by atoms with Crippen molar-refractivity contribution in [3.8, 4) is 0 Å². The topological polar surface area (TPSA) is 34.9 Å². The highest BCUT2D eigenvalue weighted by Crippen LogP contribution is 2.14. The van der Waals surface area contributed by atoms with E-state index in [1.165, 1.54) is 0 Å². The lowest BCUT2D eigenvalue weighted by Gasteiger charge is -2.05. The number of Topliss-reactive ketones (excluding diaryl/α,β-unsaturated/α-hetero) is 1. The molecule has 14 heavy (non-hydrogen) atoms. The van der Waals surface area contributed by atoms with E-state index >= 15 is 0 Å². The Balaban J connectivity index is 2.69. The Hall–Kier alpha value is -0.640. The molecule has 1 aromatic rings. The first-order valence-corrected chi connectivity index (χ1v) is 5.62. The van der Waals surface area contributed by atoms with E-state index in [0.29, 0.717) is 6.42 Å². The Morgan fingerprint density at radius 3 is 2.79 bits per heavy atom. The number of aryl methyl sites for hydroxylation is 2. The molecule has 0 N–H and O–H groups in total. The van der Waals surface area contributed by atoms with E-state index in [1.54, 1.807) is 4.68 Å². The Morgan fingerprint density at radius 1 is 1.71 bits per heavy atom. The van der Waals surface area contributed by atoms with Gasteiger partial charge in [0.2, 0.25) is 0 Å². The minimum Gasteiger partial charge on any atom is -0.298 e. The number of ketones is 1. The second-order valence-electron chi connectivity index (χ2n) is 3.40. The lowest BCUT2D eigenvalue weighted by atomic mass is 10.1. The summed E-state index contributed by atoms with van der Waals surface area (Å²) in [5, 5.41) is 4.23. The van der Waals surface area contributed by atoms with Crippen LogP contribution in [-0.4, -0.2) is 20.4 Å². The van der Waals surface area contributed by atoms with Crippen LogP contribution in [0.15, 0.2) is 6.20 Å². The highest BCUT2D eigenvalue weighted by atomic mass is 79.9. The number of halogens is 1. The zero-order chi connectivity index (χ0) is 10.7. The molecule has 1 heterocycles. The lowest BCUT2D eigenvalue weighted by Crippen LogP contribution is -2.15. The molecule has 1 rings (SSSR count). The summed E-state index contributed by atoms with van der Waals surface area (Å²) in [4.78, 5) is 11.3. The van der Waals surface area contributed by atoms with Gasteiger partial charge in [-0.1, -0.05) is 22.9 Å². The molecular formula is C10H15BrN2O. The molecule has 0 aliphatic rings. The first-order valence-electron chi connectivity index (χ1n) is 4.70. The third kappa shape index (κ3) is 2.67. The largest absolute Gasteiger partial charge is 0.298 e. The lowest BCUT2D eigenvalue weighted by molar-refractivity contribution is -0.118. The molecule has 0 aromatic carbocycles. The van der Waals surface area contributed by atoms with Crippen LogP contribution in [0, 0.1) is 6.92 Å². The molecule has 0 aliphatic heterocycles. The van der Waals surface area contributed by atoms with Crippen molar-refractivity contribution in [2.45, 2.75) is 31.5 Å².